The van der Waals surface area contributed by atoms with E-state index in [2.05, 4.69) is 15.6 Å². The molecule has 0 bridgehead atoms. The summed E-state index contributed by atoms with van der Waals surface area (Å²) in [5, 5.41) is 10.8. The maximum Gasteiger partial charge on any atom is 0.113 e. The second-order valence-electron chi connectivity index (χ2n) is 8.48. The third-order valence-corrected chi connectivity index (χ3v) is 6.79. The number of nitriles is 1. The predicted octanol–water partition coefficient (Wildman–Crippen LogP) is 5.87. The number of benzene rings is 1. The molecule has 7 heteroatoms. The topological polar surface area (TPSA) is 63.7 Å². The third-order valence-electron chi connectivity index (χ3n) is 6.55. The summed E-state index contributed by atoms with van der Waals surface area (Å²) < 4.78 is 22.0. The van der Waals surface area contributed by atoms with Crippen molar-refractivity contribution in [2.24, 2.45) is 0 Å². The fourth-order valence-corrected chi connectivity index (χ4v) is 5.25. The van der Waals surface area contributed by atoms with Gasteiger partial charge >= 0.3 is 0 Å². The molecule has 156 valence electrons. The molecule has 0 radical (unpaired) electrons. The van der Waals surface area contributed by atoms with Crippen LogP contribution in [0.3, 0.4) is 0 Å². The van der Waals surface area contributed by atoms with E-state index in [0.29, 0.717) is 30.9 Å². The summed E-state index contributed by atoms with van der Waals surface area (Å²) in [6.07, 6.45) is 5.87. The Labute approximate surface area is 179 Å². The Kier molecular flexibility index (Phi) is 5.34. The van der Waals surface area contributed by atoms with Crippen molar-refractivity contribution in [2.75, 3.05) is 6.61 Å². The summed E-state index contributed by atoms with van der Waals surface area (Å²) in [7, 11) is 0. The Hall–Kier alpha value is -2.23. The monoisotopic (exact) mass is 426 g/mol. The second kappa shape index (κ2) is 8.13. The molecule has 1 saturated carbocycles. The van der Waals surface area contributed by atoms with Gasteiger partial charge in [0.25, 0.3) is 0 Å². The number of fused-ring (bicyclic) bond motifs is 3. The van der Waals surface area contributed by atoms with Gasteiger partial charge in [0.1, 0.15) is 17.5 Å². The average Bonchev–Trinajstić information content (AvgIpc) is 3.15. The number of pyridine rings is 1. The van der Waals surface area contributed by atoms with E-state index in [4.69, 9.17) is 26.6 Å². The minimum Gasteiger partial charge on any atom is -0.377 e. The van der Waals surface area contributed by atoms with Crippen LogP contribution in [0.25, 0.3) is 21.9 Å². The summed E-state index contributed by atoms with van der Waals surface area (Å²) in [5.74, 6) is 1.25. The van der Waals surface area contributed by atoms with Gasteiger partial charge in [-0.25, -0.2) is 9.37 Å². The summed E-state index contributed by atoms with van der Waals surface area (Å²) in [4.78, 5) is 9.61. The van der Waals surface area contributed by atoms with Gasteiger partial charge in [-0.1, -0.05) is 11.6 Å². The van der Waals surface area contributed by atoms with E-state index in [0.717, 1.165) is 53.4 Å². The van der Waals surface area contributed by atoms with Gasteiger partial charge in [-0.05, 0) is 56.7 Å². The van der Waals surface area contributed by atoms with Gasteiger partial charge < -0.3 is 9.30 Å². The lowest BCUT2D eigenvalue weighted by atomic mass is 9.87. The van der Waals surface area contributed by atoms with E-state index < -0.39 is 6.17 Å². The molecule has 1 aliphatic heterocycles. The molecule has 2 unspecified atom stereocenters. The number of nitrogens with zero attached hydrogens (tertiary/aromatic N) is 4. The molecule has 1 saturated heterocycles. The summed E-state index contributed by atoms with van der Waals surface area (Å²) >= 11 is 6.34. The maximum absolute atomic E-state index is 13.8. The van der Waals surface area contributed by atoms with Crippen LogP contribution in [0.4, 0.5) is 4.39 Å². The molecule has 2 atom stereocenters. The average molecular weight is 427 g/mol. The number of ether oxygens (including phenoxy) is 1. The van der Waals surface area contributed by atoms with Gasteiger partial charge in [0.2, 0.25) is 0 Å². The van der Waals surface area contributed by atoms with Crippen LogP contribution >= 0.6 is 11.6 Å². The molecule has 5 nitrogen and oxygen atoms in total. The van der Waals surface area contributed by atoms with E-state index in [-0.39, 0.29) is 18.1 Å². The number of alkyl halides is 1. The molecule has 1 aliphatic carbocycles. The molecule has 0 spiro atoms. The van der Waals surface area contributed by atoms with Crippen LogP contribution in [0, 0.1) is 11.3 Å². The first-order chi connectivity index (χ1) is 14.6. The molecule has 1 aromatic carbocycles. The van der Waals surface area contributed by atoms with E-state index in [1.165, 1.54) is 0 Å². The molecular weight excluding hydrogens is 403 g/mol. The van der Waals surface area contributed by atoms with E-state index in [1.807, 2.05) is 24.4 Å². The standard InChI is InChI=1S/C23H24ClFN4O/c24-15-3-6-20-19(11-15)22-21(13-27-20)28-23(14-1-4-16(25)5-2-14)29(22)17-8-10-30-18(12-17)7-9-26/h3,6,11,13-14,16-18H,1-2,4-5,7-8,10,12H2. The Morgan fingerprint density at radius 2 is 2.03 bits per heavy atom. The van der Waals surface area contributed by atoms with Crippen molar-refractivity contribution in [3.05, 3.63) is 35.2 Å². The highest BCUT2D eigenvalue weighted by Gasteiger charge is 2.32. The first-order valence-corrected chi connectivity index (χ1v) is 11.1. The summed E-state index contributed by atoms with van der Waals surface area (Å²) in [6.45, 7) is 0.622. The molecule has 2 aliphatic rings. The Morgan fingerprint density at radius 1 is 1.20 bits per heavy atom. The van der Waals surface area contributed by atoms with Crippen molar-refractivity contribution in [3.8, 4) is 6.07 Å². The SMILES string of the molecule is N#CCC1CC(n2c(C3CCC(F)CC3)nc3cnc4ccc(Cl)cc4c32)CCO1. The van der Waals surface area contributed by atoms with Crippen molar-refractivity contribution in [2.45, 2.75) is 69.2 Å². The summed E-state index contributed by atoms with van der Waals surface area (Å²) in [6, 6.07) is 8.17. The molecule has 5 rings (SSSR count). The molecular formula is C23H24ClFN4O. The Balaban J connectivity index is 1.69. The normalized spacial score (nSPS) is 27.4. The minimum absolute atomic E-state index is 0.0719. The zero-order chi connectivity index (χ0) is 20.7. The van der Waals surface area contributed by atoms with Gasteiger partial charge in [0.15, 0.2) is 0 Å². The van der Waals surface area contributed by atoms with Gasteiger partial charge in [0.05, 0.1) is 35.8 Å². The van der Waals surface area contributed by atoms with Crippen LogP contribution < -0.4 is 0 Å². The van der Waals surface area contributed by atoms with Crippen molar-refractivity contribution in [1.29, 1.82) is 5.26 Å². The molecule has 2 fully saturated rings. The van der Waals surface area contributed by atoms with Crippen molar-refractivity contribution >= 4 is 33.5 Å². The molecule has 3 heterocycles. The van der Waals surface area contributed by atoms with E-state index in [9.17, 15) is 4.39 Å². The van der Waals surface area contributed by atoms with Gasteiger partial charge in [-0.2, -0.15) is 5.26 Å². The van der Waals surface area contributed by atoms with Crippen LogP contribution in [-0.4, -0.2) is 33.4 Å². The van der Waals surface area contributed by atoms with Gasteiger partial charge in [-0.15, -0.1) is 0 Å². The fourth-order valence-electron chi connectivity index (χ4n) is 5.07. The highest BCUT2D eigenvalue weighted by Crippen LogP contribution is 2.40. The van der Waals surface area contributed by atoms with Crippen LogP contribution in [0.2, 0.25) is 5.02 Å². The summed E-state index contributed by atoms with van der Waals surface area (Å²) in [5.41, 5.74) is 2.78. The van der Waals surface area contributed by atoms with Crippen LogP contribution in [0.15, 0.2) is 24.4 Å². The van der Waals surface area contributed by atoms with Crippen molar-refractivity contribution < 1.29 is 9.13 Å². The molecule has 0 amide bonds. The fraction of sp³-hybridized carbons (Fsp3) is 0.522. The first-order valence-electron chi connectivity index (χ1n) is 10.7. The lowest BCUT2D eigenvalue weighted by Gasteiger charge is -2.33. The zero-order valence-electron chi connectivity index (χ0n) is 16.7. The molecule has 3 aromatic rings. The number of hydrogen-bond acceptors (Lipinski definition) is 4. The van der Waals surface area contributed by atoms with Crippen molar-refractivity contribution in [1.82, 2.24) is 14.5 Å². The lowest BCUT2D eigenvalue weighted by molar-refractivity contribution is -0.00238. The van der Waals surface area contributed by atoms with Crippen LogP contribution in [0.5, 0.6) is 0 Å². The second-order valence-corrected chi connectivity index (χ2v) is 8.91. The smallest absolute Gasteiger partial charge is 0.113 e. The number of aromatic nitrogens is 3. The number of imidazole rings is 1. The van der Waals surface area contributed by atoms with Gasteiger partial charge in [0, 0.05) is 29.0 Å². The molecule has 2 aromatic heterocycles. The van der Waals surface area contributed by atoms with Gasteiger partial charge in [-0.3, -0.25) is 4.98 Å². The van der Waals surface area contributed by atoms with Crippen LogP contribution in [-0.2, 0) is 4.74 Å². The predicted molar refractivity (Wildman–Crippen MR) is 114 cm³/mol. The zero-order valence-corrected chi connectivity index (χ0v) is 17.5. The van der Waals surface area contributed by atoms with Crippen LogP contribution in [0.1, 0.15) is 62.7 Å². The Morgan fingerprint density at radius 3 is 2.83 bits per heavy atom. The quantitative estimate of drug-likeness (QED) is 0.525. The lowest BCUT2D eigenvalue weighted by Crippen LogP contribution is -2.29. The number of rotatable bonds is 3. The van der Waals surface area contributed by atoms with E-state index >= 15 is 0 Å². The maximum atomic E-state index is 13.8. The highest BCUT2D eigenvalue weighted by atomic mass is 35.5. The molecule has 0 N–H and O–H groups in total. The first kappa shape index (κ1) is 19.7. The number of hydrogen-bond donors (Lipinski definition) is 0. The largest absolute Gasteiger partial charge is 0.377 e. The minimum atomic E-state index is -0.705. The number of halogens is 2. The highest BCUT2D eigenvalue weighted by molar-refractivity contribution is 6.31. The molecule has 30 heavy (non-hydrogen) atoms. The third kappa shape index (κ3) is 3.55. The Bertz CT molecular complexity index is 1120. The van der Waals surface area contributed by atoms with Crippen molar-refractivity contribution in [3.63, 3.8) is 0 Å². The van der Waals surface area contributed by atoms with E-state index in [1.54, 1.807) is 0 Å².